The summed E-state index contributed by atoms with van der Waals surface area (Å²) in [5, 5.41) is 0. The predicted molar refractivity (Wildman–Crippen MR) is 56.9 cm³/mol. The van der Waals surface area contributed by atoms with Crippen LogP contribution >= 0.6 is 22.6 Å². The normalized spacial score (nSPS) is 10.5. The minimum Gasteiger partial charge on any atom is -0.456 e. The van der Waals surface area contributed by atoms with Crippen LogP contribution in [0.3, 0.4) is 0 Å². The van der Waals surface area contributed by atoms with Gasteiger partial charge in [0.15, 0.2) is 5.76 Å². The fraction of sp³-hybridized carbons (Fsp3) is 0.125. The molecule has 0 bridgehead atoms. The highest BCUT2D eigenvalue weighted by Crippen LogP contribution is 2.09. The molecule has 0 saturated heterocycles. The van der Waals surface area contributed by atoms with Crippen molar-refractivity contribution in [3.8, 4) is 0 Å². The number of hydrogen-bond acceptors (Lipinski definition) is 2. The minimum atomic E-state index is 0.479. The Morgan fingerprint density at radius 2 is 2.09 bits per heavy atom. The summed E-state index contributed by atoms with van der Waals surface area (Å²) in [6.45, 7) is 10.7. The van der Waals surface area contributed by atoms with E-state index in [0.717, 1.165) is 3.72 Å². The smallest absolute Gasteiger partial charge is 0.151 e. The Labute approximate surface area is 80.5 Å². The predicted octanol–water partition coefficient (Wildman–Crippen LogP) is 2.68. The van der Waals surface area contributed by atoms with Gasteiger partial charge in [0.25, 0.3) is 0 Å². The second kappa shape index (κ2) is 5.12. The molecule has 0 rings (SSSR count). The van der Waals surface area contributed by atoms with Crippen LogP contribution in [0.25, 0.3) is 0 Å². The minimum absolute atomic E-state index is 0.479. The van der Waals surface area contributed by atoms with Crippen LogP contribution in [0.15, 0.2) is 42.3 Å². The third-order valence-corrected chi connectivity index (χ3v) is 1.99. The summed E-state index contributed by atoms with van der Waals surface area (Å²) in [4.78, 5) is 3.88. The zero-order valence-electron chi connectivity index (χ0n) is 6.43. The van der Waals surface area contributed by atoms with Crippen molar-refractivity contribution in [2.45, 2.75) is 0 Å². The van der Waals surface area contributed by atoms with Gasteiger partial charge in [0.05, 0.1) is 0 Å². The first-order chi connectivity index (χ1) is 5.11. The van der Waals surface area contributed by atoms with E-state index >= 15 is 0 Å². The molecule has 2 nitrogen and oxygen atoms in total. The number of halogens is 1. The number of ether oxygens (including phenoxy) is 1. The van der Waals surface area contributed by atoms with Crippen LogP contribution in [-0.2, 0) is 4.74 Å². The molecule has 0 aromatic heterocycles. The van der Waals surface area contributed by atoms with E-state index in [0.29, 0.717) is 11.5 Å². The lowest BCUT2D eigenvalue weighted by Crippen LogP contribution is -1.95. The van der Waals surface area contributed by atoms with E-state index in [1.807, 2.05) is 22.6 Å². The summed E-state index contributed by atoms with van der Waals surface area (Å²) in [6, 6.07) is 0. The van der Waals surface area contributed by atoms with Gasteiger partial charge >= 0.3 is 0 Å². The van der Waals surface area contributed by atoms with Gasteiger partial charge in [-0.1, -0.05) is 19.7 Å². The van der Waals surface area contributed by atoms with E-state index in [1.54, 1.807) is 7.05 Å². The first-order valence-corrected chi connectivity index (χ1v) is 4.00. The molecule has 0 heterocycles. The molecule has 0 aliphatic carbocycles. The van der Waals surface area contributed by atoms with Crippen LogP contribution < -0.4 is 0 Å². The van der Waals surface area contributed by atoms with E-state index in [2.05, 4.69) is 24.7 Å². The molecular formula is C8H10INO. The van der Waals surface area contributed by atoms with E-state index in [9.17, 15) is 0 Å². The SMILES string of the molecule is C=CC(=C)OC(=C)/C(I)=N/C. The first-order valence-electron chi connectivity index (χ1n) is 2.92. The molecule has 0 saturated carbocycles. The third kappa shape index (κ3) is 3.98. The molecule has 0 amide bonds. The summed E-state index contributed by atoms with van der Waals surface area (Å²) in [7, 11) is 1.67. The summed E-state index contributed by atoms with van der Waals surface area (Å²) < 4.78 is 5.83. The van der Waals surface area contributed by atoms with Crippen molar-refractivity contribution >= 4 is 26.3 Å². The van der Waals surface area contributed by atoms with E-state index in [4.69, 9.17) is 4.74 Å². The van der Waals surface area contributed by atoms with Gasteiger partial charge in [-0.15, -0.1) is 0 Å². The van der Waals surface area contributed by atoms with E-state index in [-0.39, 0.29) is 0 Å². The average molecular weight is 263 g/mol. The van der Waals surface area contributed by atoms with Gasteiger partial charge in [-0.05, 0) is 28.7 Å². The van der Waals surface area contributed by atoms with Gasteiger partial charge in [-0.3, -0.25) is 4.99 Å². The molecular weight excluding hydrogens is 253 g/mol. The second-order valence-electron chi connectivity index (χ2n) is 1.71. The Morgan fingerprint density at radius 3 is 2.45 bits per heavy atom. The summed E-state index contributed by atoms with van der Waals surface area (Å²) in [5.41, 5.74) is 0. The largest absolute Gasteiger partial charge is 0.456 e. The van der Waals surface area contributed by atoms with Crippen molar-refractivity contribution in [2.24, 2.45) is 4.99 Å². The van der Waals surface area contributed by atoms with Gasteiger partial charge in [-0.2, -0.15) is 0 Å². The monoisotopic (exact) mass is 263 g/mol. The number of aliphatic imine (C=N–C) groups is 1. The number of rotatable bonds is 4. The first kappa shape index (κ1) is 10.4. The van der Waals surface area contributed by atoms with Crippen LogP contribution in [0.2, 0.25) is 0 Å². The van der Waals surface area contributed by atoms with Crippen molar-refractivity contribution in [2.75, 3.05) is 7.05 Å². The highest BCUT2D eigenvalue weighted by atomic mass is 127. The number of hydrogen-bond donors (Lipinski definition) is 0. The highest BCUT2D eigenvalue weighted by molar-refractivity contribution is 14.1. The number of nitrogens with zero attached hydrogens (tertiary/aromatic N) is 1. The molecule has 0 aromatic rings. The lowest BCUT2D eigenvalue weighted by molar-refractivity contribution is 0.351. The Hall–Kier alpha value is -0.580. The summed E-state index contributed by atoms with van der Waals surface area (Å²) in [6.07, 6.45) is 1.52. The quantitative estimate of drug-likeness (QED) is 0.331. The Morgan fingerprint density at radius 1 is 1.55 bits per heavy atom. The summed E-state index contributed by atoms with van der Waals surface area (Å²) >= 11 is 2.03. The molecule has 0 fully saturated rings. The molecule has 0 radical (unpaired) electrons. The van der Waals surface area contributed by atoms with Crippen molar-refractivity contribution in [3.05, 3.63) is 37.3 Å². The van der Waals surface area contributed by atoms with Gasteiger partial charge in [0.1, 0.15) is 9.48 Å². The molecule has 0 unspecified atom stereocenters. The maximum absolute atomic E-state index is 5.11. The molecule has 11 heavy (non-hydrogen) atoms. The Bertz CT molecular complexity index is 218. The lowest BCUT2D eigenvalue weighted by Gasteiger charge is -2.05. The van der Waals surface area contributed by atoms with Crippen LogP contribution in [0.1, 0.15) is 0 Å². The molecule has 0 spiro atoms. The van der Waals surface area contributed by atoms with E-state index in [1.165, 1.54) is 6.08 Å². The van der Waals surface area contributed by atoms with Crippen molar-refractivity contribution in [1.29, 1.82) is 0 Å². The fourth-order valence-electron chi connectivity index (χ4n) is 0.367. The highest BCUT2D eigenvalue weighted by Gasteiger charge is 2.00. The van der Waals surface area contributed by atoms with Gasteiger partial charge < -0.3 is 4.74 Å². The Balaban J connectivity index is 4.09. The van der Waals surface area contributed by atoms with Crippen LogP contribution in [0.5, 0.6) is 0 Å². The van der Waals surface area contributed by atoms with Crippen LogP contribution in [-0.4, -0.2) is 10.8 Å². The molecule has 60 valence electrons. The molecule has 0 aliphatic heterocycles. The average Bonchev–Trinajstić information content (AvgIpc) is 2.02. The van der Waals surface area contributed by atoms with Crippen molar-refractivity contribution in [1.82, 2.24) is 0 Å². The molecule has 0 N–H and O–H groups in total. The lowest BCUT2D eigenvalue weighted by atomic mass is 10.5. The van der Waals surface area contributed by atoms with Crippen molar-refractivity contribution < 1.29 is 4.74 Å². The number of allylic oxidation sites excluding steroid dienone is 2. The molecule has 0 aliphatic rings. The zero-order chi connectivity index (χ0) is 8.85. The maximum Gasteiger partial charge on any atom is 0.151 e. The molecule has 0 aromatic carbocycles. The van der Waals surface area contributed by atoms with Gasteiger partial charge in [0.2, 0.25) is 0 Å². The zero-order valence-corrected chi connectivity index (χ0v) is 8.59. The standard InChI is InChI=1S/C8H10INO/c1-5-6(2)11-7(3)8(9)10-4/h5H,1-3H2,4H3/b10-8-. The molecule has 0 atom stereocenters. The van der Waals surface area contributed by atoms with Crippen molar-refractivity contribution in [3.63, 3.8) is 0 Å². The van der Waals surface area contributed by atoms with E-state index < -0.39 is 0 Å². The third-order valence-electron chi connectivity index (χ3n) is 0.908. The van der Waals surface area contributed by atoms with Gasteiger partial charge in [0, 0.05) is 7.05 Å². The van der Waals surface area contributed by atoms with Crippen LogP contribution in [0, 0.1) is 0 Å². The van der Waals surface area contributed by atoms with Crippen LogP contribution in [0.4, 0.5) is 0 Å². The fourth-order valence-corrected chi connectivity index (χ4v) is 0.477. The topological polar surface area (TPSA) is 21.6 Å². The maximum atomic E-state index is 5.11. The Kier molecular flexibility index (Phi) is 4.85. The van der Waals surface area contributed by atoms with Gasteiger partial charge in [-0.25, -0.2) is 0 Å². The summed E-state index contributed by atoms with van der Waals surface area (Å²) in [5.74, 6) is 0.978. The molecule has 3 heteroatoms. The second-order valence-corrected chi connectivity index (χ2v) is 2.73.